The number of rotatable bonds is 5. The highest BCUT2D eigenvalue weighted by Gasteiger charge is 2.25. The molecule has 4 N–H and O–H groups in total. The number of hydrogen-bond donors (Lipinski definition) is 3. The minimum absolute atomic E-state index is 0.499. The van der Waals surface area contributed by atoms with Crippen LogP contribution in [-0.4, -0.2) is 17.0 Å². The van der Waals surface area contributed by atoms with Crippen molar-refractivity contribution >= 4 is 11.9 Å². The third-order valence-corrected chi connectivity index (χ3v) is 3.11. The topological polar surface area (TPSA) is 92.4 Å². The molecule has 0 heterocycles. The normalized spacial score (nSPS) is 13.2. The Labute approximate surface area is 122 Å². The standard InChI is InChI=1S/C16H16N2O3/c17-13(11-7-3-1-4-8-11)15(19)18-14(16(20)21)12-9-5-2-6-10-12/h1-10,13-14H,17H2,(H,18,19)(H,20,21)/t13-,14-/m1/s1. The lowest BCUT2D eigenvalue weighted by atomic mass is 10.0. The van der Waals surface area contributed by atoms with Crippen LogP contribution in [0.4, 0.5) is 0 Å². The summed E-state index contributed by atoms with van der Waals surface area (Å²) in [5.41, 5.74) is 6.99. The number of carbonyl (C=O) groups excluding carboxylic acids is 1. The van der Waals surface area contributed by atoms with Gasteiger partial charge in [0.15, 0.2) is 6.04 Å². The number of nitrogens with two attached hydrogens (primary N) is 1. The van der Waals surface area contributed by atoms with Crippen molar-refractivity contribution in [2.24, 2.45) is 5.73 Å². The van der Waals surface area contributed by atoms with Crippen LogP contribution in [0.5, 0.6) is 0 Å². The molecule has 21 heavy (non-hydrogen) atoms. The minimum atomic E-state index is -1.13. The summed E-state index contributed by atoms with van der Waals surface area (Å²) >= 11 is 0. The summed E-state index contributed by atoms with van der Waals surface area (Å²) < 4.78 is 0. The molecule has 1 amide bonds. The summed E-state index contributed by atoms with van der Waals surface area (Å²) in [7, 11) is 0. The molecule has 0 spiro atoms. The molecule has 2 rings (SSSR count). The highest BCUT2D eigenvalue weighted by Crippen LogP contribution is 2.15. The Bertz CT molecular complexity index is 614. The molecule has 0 aliphatic carbocycles. The maximum atomic E-state index is 12.1. The summed E-state index contributed by atoms with van der Waals surface area (Å²) in [5.74, 6) is -1.66. The molecule has 2 atom stereocenters. The van der Waals surface area contributed by atoms with E-state index >= 15 is 0 Å². The Kier molecular flexibility index (Phi) is 4.68. The van der Waals surface area contributed by atoms with Gasteiger partial charge in [-0.05, 0) is 11.1 Å². The van der Waals surface area contributed by atoms with E-state index in [4.69, 9.17) is 5.73 Å². The maximum absolute atomic E-state index is 12.1. The van der Waals surface area contributed by atoms with Gasteiger partial charge in [-0.25, -0.2) is 4.79 Å². The Morgan fingerprint density at radius 3 is 1.86 bits per heavy atom. The van der Waals surface area contributed by atoms with Crippen molar-refractivity contribution in [3.63, 3.8) is 0 Å². The van der Waals surface area contributed by atoms with Gasteiger partial charge < -0.3 is 16.2 Å². The van der Waals surface area contributed by atoms with Gasteiger partial charge in [0.05, 0.1) is 0 Å². The summed E-state index contributed by atoms with van der Waals surface area (Å²) in [6, 6.07) is 15.3. The van der Waals surface area contributed by atoms with Crippen LogP contribution < -0.4 is 11.1 Å². The van der Waals surface area contributed by atoms with Crippen molar-refractivity contribution in [1.29, 1.82) is 0 Å². The molecule has 5 heteroatoms. The molecule has 108 valence electrons. The lowest BCUT2D eigenvalue weighted by Crippen LogP contribution is -2.39. The second-order valence-corrected chi connectivity index (χ2v) is 4.58. The van der Waals surface area contributed by atoms with Gasteiger partial charge in [0.25, 0.3) is 0 Å². The van der Waals surface area contributed by atoms with Crippen molar-refractivity contribution in [3.8, 4) is 0 Å². The quantitative estimate of drug-likeness (QED) is 0.778. The van der Waals surface area contributed by atoms with Crippen LogP contribution in [0.3, 0.4) is 0 Å². The van der Waals surface area contributed by atoms with Gasteiger partial charge in [0.2, 0.25) is 5.91 Å². The van der Waals surface area contributed by atoms with E-state index < -0.39 is 24.0 Å². The number of carboxylic acid groups (broad SMARTS) is 1. The van der Waals surface area contributed by atoms with Crippen molar-refractivity contribution in [2.75, 3.05) is 0 Å². The zero-order valence-electron chi connectivity index (χ0n) is 11.3. The zero-order valence-corrected chi connectivity index (χ0v) is 11.3. The van der Waals surface area contributed by atoms with Gasteiger partial charge >= 0.3 is 5.97 Å². The van der Waals surface area contributed by atoms with Crippen LogP contribution in [-0.2, 0) is 9.59 Å². The molecule has 0 radical (unpaired) electrons. The second-order valence-electron chi connectivity index (χ2n) is 4.58. The average Bonchev–Trinajstić information content (AvgIpc) is 2.53. The molecule has 0 saturated carbocycles. The smallest absolute Gasteiger partial charge is 0.330 e. The maximum Gasteiger partial charge on any atom is 0.330 e. The molecule has 0 aliphatic rings. The van der Waals surface area contributed by atoms with Crippen molar-refractivity contribution in [1.82, 2.24) is 5.32 Å². The highest BCUT2D eigenvalue weighted by molar-refractivity contribution is 5.88. The van der Waals surface area contributed by atoms with Crippen LogP contribution >= 0.6 is 0 Å². The predicted molar refractivity (Wildman–Crippen MR) is 78.3 cm³/mol. The van der Waals surface area contributed by atoms with E-state index in [0.717, 1.165) is 0 Å². The van der Waals surface area contributed by atoms with Gasteiger partial charge in [0.1, 0.15) is 6.04 Å². The average molecular weight is 284 g/mol. The van der Waals surface area contributed by atoms with Crippen molar-refractivity contribution < 1.29 is 14.7 Å². The fourth-order valence-electron chi connectivity index (χ4n) is 1.98. The van der Waals surface area contributed by atoms with Crippen LogP contribution in [0.1, 0.15) is 23.2 Å². The molecule has 0 fully saturated rings. The Balaban J connectivity index is 2.14. The fraction of sp³-hybridized carbons (Fsp3) is 0.125. The van der Waals surface area contributed by atoms with E-state index in [9.17, 15) is 14.7 Å². The van der Waals surface area contributed by atoms with Gasteiger partial charge in [0, 0.05) is 0 Å². The van der Waals surface area contributed by atoms with Gasteiger partial charge in [-0.3, -0.25) is 4.79 Å². The zero-order chi connectivity index (χ0) is 15.2. The molecule has 5 nitrogen and oxygen atoms in total. The largest absolute Gasteiger partial charge is 0.479 e. The number of benzene rings is 2. The third-order valence-electron chi connectivity index (χ3n) is 3.11. The summed E-state index contributed by atoms with van der Waals surface area (Å²) in [5, 5.41) is 11.7. The first kappa shape index (κ1) is 14.7. The second kappa shape index (κ2) is 6.67. The van der Waals surface area contributed by atoms with E-state index in [2.05, 4.69) is 5.32 Å². The van der Waals surface area contributed by atoms with Gasteiger partial charge in [-0.2, -0.15) is 0 Å². The van der Waals surface area contributed by atoms with E-state index in [1.807, 2.05) is 6.07 Å². The summed E-state index contributed by atoms with van der Waals surface area (Å²) in [6.45, 7) is 0. The van der Waals surface area contributed by atoms with Crippen molar-refractivity contribution in [2.45, 2.75) is 12.1 Å². The first-order chi connectivity index (χ1) is 10.1. The SMILES string of the molecule is N[C@@H](C(=O)N[C@@H](C(=O)O)c1ccccc1)c1ccccc1. The highest BCUT2D eigenvalue weighted by atomic mass is 16.4. The molecule has 0 unspecified atom stereocenters. The lowest BCUT2D eigenvalue weighted by Gasteiger charge is -2.18. The van der Waals surface area contributed by atoms with Crippen LogP contribution in [0.2, 0.25) is 0 Å². The number of amides is 1. The van der Waals surface area contributed by atoms with E-state index in [0.29, 0.717) is 11.1 Å². The number of hydrogen-bond acceptors (Lipinski definition) is 3. The molecular formula is C16H16N2O3. The molecule has 0 saturated heterocycles. The Morgan fingerprint density at radius 1 is 0.905 bits per heavy atom. The molecule has 2 aromatic carbocycles. The Morgan fingerprint density at radius 2 is 1.38 bits per heavy atom. The monoisotopic (exact) mass is 284 g/mol. The lowest BCUT2D eigenvalue weighted by molar-refractivity contribution is -0.142. The molecule has 0 bridgehead atoms. The van der Waals surface area contributed by atoms with E-state index in [1.54, 1.807) is 54.6 Å². The molecular weight excluding hydrogens is 268 g/mol. The number of carbonyl (C=O) groups is 2. The Hall–Kier alpha value is -2.66. The molecule has 2 aromatic rings. The van der Waals surface area contributed by atoms with E-state index in [-0.39, 0.29) is 0 Å². The van der Waals surface area contributed by atoms with Gasteiger partial charge in [-0.1, -0.05) is 60.7 Å². The predicted octanol–water partition coefficient (Wildman–Crippen LogP) is 1.63. The fourth-order valence-corrected chi connectivity index (χ4v) is 1.98. The number of nitrogens with one attached hydrogen (secondary N) is 1. The molecule has 0 aromatic heterocycles. The first-order valence-corrected chi connectivity index (χ1v) is 6.48. The van der Waals surface area contributed by atoms with Crippen molar-refractivity contribution in [3.05, 3.63) is 71.8 Å². The molecule has 0 aliphatic heterocycles. The summed E-state index contributed by atoms with van der Waals surface area (Å²) in [4.78, 5) is 23.5. The van der Waals surface area contributed by atoms with Crippen LogP contribution in [0.25, 0.3) is 0 Å². The van der Waals surface area contributed by atoms with Crippen LogP contribution in [0, 0.1) is 0 Å². The first-order valence-electron chi connectivity index (χ1n) is 6.48. The minimum Gasteiger partial charge on any atom is -0.479 e. The van der Waals surface area contributed by atoms with E-state index in [1.165, 1.54) is 0 Å². The number of aliphatic carboxylic acids is 1. The van der Waals surface area contributed by atoms with Gasteiger partial charge in [-0.15, -0.1) is 0 Å². The number of carboxylic acids is 1. The third kappa shape index (κ3) is 3.67. The summed E-state index contributed by atoms with van der Waals surface area (Å²) in [6.07, 6.45) is 0. The van der Waals surface area contributed by atoms with Crippen LogP contribution in [0.15, 0.2) is 60.7 Å².